The highest BCUT2D eigenvalue weighted by atomic mass is 35.5. The summed E-state index contributed by atoms with van der Waals surface area (Å²) >= 11 is 5.59. The molecular weight excluding hydrogens is 283 g/mol. The average molecular weight is 291 g/mol. The molecule has 1 aliphatic rings. The number of rotatable bonds is 1. The summed E-state index contributed by atoms with van der Waals surface area (Å²) in [5.41, 5.74) is 6.43. The molecule has 0 atom stereocenters. The lowest BCUT2D eigenvalue weighted by molar-refractivity contribution is 0.0926. The third-order valence-electron chi connectivity index (χ3n) is 3.11. The van der Waals surface area contributed by atoms with Gasteiger partial charge in [-0.2, -0.15) is 0 Å². The molecule has 0 radical (unpaired) electrons. The molecule has 1 aliphatic heterocycles. The fourth-order valence-corrected chi connectivity index (χ4v) is 2.29. The summed E-state index contributed by atoms with van der Waals surface area (Å²) in [6.45, 7) is 0. The van der Waals surface area contributed by atoms with Gasteiger partial charge in [-0.3, -0.25) is 9.59 Å². The molecule has 0 aliphatic carbocycles. The van der Waals surface area contributed by atoms with Crippen molar-refractivity contribution in [3.8, 4) is 0 Å². The van der Waals surface area contributed by atoms with Gasteiger partial charge >= 0.3 is 0 Å². The normalized spacial score (nSPS) is 13.8. The van der Waals surface area contributed by atoms with E-state index in [0.717, 1.165) is 11.0 Å². The van der Waals surface area contributed by atoms with Crippen LogP contribution in [0.25, 0.3) is 0 Å². The molecular formula is C14H8ClFN2O2. The van der Waals surface area contributed by atoms with Gasteiger partial charge in [0.15, 0.2) is 0 Å². The number of amides is 2. The molecule has 6 heteroatoms. The number of fused-ring (bicyclic) bond motifs is 1. The van der Waals surface area contributed by atoms with Crippen molar-refractivity contribution >= 4 is 34.8 Å². The highest BCUT2D eigenvalue weighted by Gasteiger charge is 2.38. The highest BCUT2D eigenvalue weighted by molar-refractivity contribution is 6.36. The Bertz CT molecular complexity index is 761. The van der Waals surface area contributed by atoms with Crippen molar-refractivity contribution in [1.82, 2.24) is 0 Å². The quantitative estimate of drug-likeness (QED) is 0.649. The van der Waals surface area contributed by atoms with Crippen LogP contribution >= 0.6 is 11.6 Å². The maximum Gasteiger partial charge on any atom is 0.268 e. The zero-order chi connectivity index (χ0) is 14.4. The lowest BCUT2D eigenvalue weighted by atomic mass is 10.1. The van der Waals surface area contributed by atoms with Crippen molar-refractivity contribution in [2.45, 2.75) is 0 Å². The van der Waals surface area contributed by atoms with Gasteiger partial charge in [-0.05, 0) is 30.3 Å². The van der Waals surface area contributed by atoms with Gasteiger partial charge in [-0.25, -0.2) is 9.29 Å². The molecule has 2 N–H and O–H groups in total. The maximum atomic E-state index is 13.5. The molecule has 2 amide bonds. The molecule has 0 aromatic heterocycles. The summed E-state index contributed by atoms with van der Waals surface area (Å²) in [5, 5.41) is -0.0788. The first kappa shape index (κ1) is 12.6. The molecule has 2 aromatic rings. The molecule has 0 fully saturated rings. The van der Waals surface area contributed by atoms with Crippen LogP contribution in [0.2, 0.25) is 5.02 Å². The number of imide groups is 1. The Kier molecular flexibility index (Phi) is 2.72. The molecule has 100 valence electrons. The van der Waals surface area contributed by atoms with Crippen molar-refractivity contribution in [2.24, 2.45) is 0 Å². The standard InChI is InChI=1S/C14H8ClFN2O2/c15-9-5-4-7(6-10(9)16)18-13(19)8-2-1-3-11(17)12(8)14(18)20/h1-6H,17H2. The Morgan fingerprint density at radius 2 is 1.85 bits per heavy atom. The van der Waals surface area contributed by atoms with Gasteiger partial charge in [0.25, 0.3) is 11.8 Å². The number of nitrogens with zero attached hydrogens (tertiary/aromatic N) is 1. The van der Waals surface area contributed by atoms with Crippen LogP contribution in [-0.4, -0.2) is 11.8 Å². The third-order valence-corrected chi connectivity index (χ3v) is 3.42. The molecule has 0 spiro atoms. The SMILES string of the molecule is Nc1cccc2c1C(=O)N(c1ccc(Cl)c(F)c1)C2=O. The molecule has 0 saturated carbocycles. The number of hydrogen-bond acceptors (Lipinski definition) is 3. The molecule has 20 heavy (non-hydrogen) atoms. The lowest BCUT2D eigenvalue weighted by Gasteiger charge is -2.14. The summed E-state index contributed by atoms with van der Waals surface area (Å²) in [7, 11) is 0. The number of benzene rings is 2. The van der Waals surface area contributed by atoms with E-state index in [1.165, 1.54) is 24.3 Å². The van der Waals surface area contributed by atoms with Gasteiger partial charge in [0.1, 0.15) is 5.82 Å². The molecule has 0 saturated heterocycles. The fourth-order valence-electron chi connectivity index (χ4n) is 2.17. The minimum atomic E-state index is -0.700. The number of hydrogen-bond donors (Lipinski definition) is 1. The number of anilines is 2. The second-order valence-corrected chi connectivity index (χ2v) is 4.72. The summed E-state index contributed by atoms with van der Waals surface area (Å²) in [6.07, 6.45) is 0. The first-order valence-electron chi connectivity index (χ1n) is 5.73. The number of carbonyl (C=O) groups is 2. The van der Waals surface area contributed by atoms with E-state index in [0.29, 0.717) is 0 Å². The minimum Gasteiger partial charge on any atom is -0.398 e. The van der Waals surface area contributed by atoms with E-state index in [4.69, 9.17) is 17.3 Å². The Hall–Kier alpha value is -2.40. The predicted octanol–water partition coefficient (Wildman–Crippen LogP) is 2.86. The van der Waals surface area contributed by atoms with Crippen LogP contribution in [0, 0.1) is 5.82 Å². The van der Waals surface area contributed by atoms with E-state index in [1.54, 1.807) is 6.07 Å². The summed E-state index contributed by atoms with van der Waals surface area (Å²) in [4.78, 5) is 25.4. The second-order valence-electron chi connectivity index (χ2n) is 4.31. The molecule has 1 heterocycles. The largest absolute Gasteiger partial charge is 0.398 e. The van der Waals surface area contributed by atoms with E-state index in [9.17, 15) is 14.0 Å². The van der Waals surface area contributed by atoms with Crippen LogP contribution in [0.15, 0.2) is 36.4 Å². The average Bonchev–Trinajstić information content (AvgIpc) is 2.67. The van der Waals surface area contributed by atoms with Crippen LogP contribution in [0.3, 0.4) is 0 Å². The van der Waals surface area contributed by atoms with Crippen molar-refractivity contribution in [3.05, 3.63) is 58.4 Å². The van der Waals surface area contributed by atoms with Crippen molar-refractivity contribution in [3.63, 3.8) is 0 Å². The smallest absolute Gasteiger partial charge is 0.268 e. The number of halogens is 2. The van der Waals surface area contributed by atoms with Gasteiger partial charge in [-0.1, -0.05) is 17.7 Å². The Morgan fingerprint density at radius 3 is 2.50 bits per heavy atom. The van der Waals surface area contributed by atoms with E-state index in [2.05, 4.69) is 0 Å². The van der Waals surface area contributed by atoms with Gasteiger partial charge in [-0.15, -0.1) is 0 Å². The molecule has 2 aromatic carbocycles. The molecule has 0 unspecified atom stereocenters. The molecule has 0 bridgehead atoms. The minimum absolute atomic E-state index is 0.0788. The fraction of sp³-hybridized carbons (Fsp3) is 0. The molecule has 3 rings (SSSR count). The van der Waals surface area contributed by atoms with Crippen LogP contribution in [0.1, 0.15) is 20.7 Å². The first-order valence-corrected chi connectivity index (χ1v) is 6.11. The van der Waals surface area contributed by atoms with Gasteiger partial charge in [0.2, 0.25) is 0 Å². The van der Waals surface area contributed by atoms with Gasteiger partial charge in [0.05, 0.1) is 21.8 Å². The van der Waals surface area contributed by atoms with E-state index >= 15 is 0 Å². The number of carbonyl (C=O) groups excluding carboxylic acids is 2. The van der Waals surface area contributed by atoms with E-state index in [1.807, 2.05) is 0 Å². The van der Waals surface area contributed by atoms with Crippen LogP contribution < -0.4 is 10.6 Å². The maximum absolute atomic E-state index is 13.5. The van der Waals surface area contributed by atoms with E-state index < -0.39 is 17.6 Å². The van der Waals surface area contributed by atoms with E-state index in [-0.39, 0.29) is 27.5 Å². The Balaban J connectivity index is 2.14. The monoisotopic (exact) mass is 290 g/mol. The van der Waals surface area contributed by atoms with Crippen LogP contribution in [0.5, 0.6) is 0 Å². The summed E-state index contributed by atoms with van der Waals surface area (Å²) in [6, 6.07) is 8.38. The van der Waals surface area contributed by atoms with Crippen molar-refractivity contribution in [2.75, 3.05) is 10.6 Å². The first-order chi connectivity index (χ1) is 9.50. The summed E-state index contributed by atoms with van der Waals surface area (Å²) < 4.78 is 13.5. The van der Waals surface area contributed by atoms with Crippen LogP contribution in [-0.2, 0) is 0 Å². The number of nitrogens with two attached hydrogens (primary N) is 1. The number of nitrogen functional groups attached to an aromatic ring is 1. The highest BCUT2D eigenvalue weighted by Crippen LogP contribution is 2.32. The van der Waals surface area contributed by atoms with Crippen molar-refractivity contribution in [1.29, 1.82) is 0 Å². The topological polar surface area (TPSA) is 63.4 Å². The Morgan fingerprint density at radius 1 is 1.10 bits per heavy atom. The Labute approximate surface area is 118 Å². The van der Waals surface area contributed by atoms with Crippen LogP contribution in [0.4, 0.5) is 15.8 Å². The zero-order valence-electron chi connectivity index (χ0n) is 10.1. The summed E-state index contributed by atoms with van der Waals surface area (Å²) in [5.74, 6) is -1.79. The van der Waals surface area contributed by atoms with Crippen molar-refractivity contribution < 1.29 is 14.0 Å². The second kappa shape index (κ2) is 4.31. The van der Waals surface area contributed by atoms with Gasteiger partial charge in [0, 0.05) is 5.69 Å². The predicted molar refractivity (Wildman–Crippen MR) is 73.4 cm³/mol. The zero-order valence-corrected chi connectivity index (χ0v) is 10.8. The molecule has 4 nitrogen and oxygen atoms in total. The lowest BCUT2D eigenvalue weighted by Crippen LogP contribution is -2.29. The third kappa shape index (κ3) is 1.67. The van der Waals surface area contributed by atoms with Gasteiger partial charge < -0.3 is 5.73 Å².